The highest BCUT2D eigenvalue weighted by Gasteiger charge is 2.25. The van der Waals surface area contributed by atoms with Gasteiger partial charge in [-0.2, -0.15) is 0 Å². The van der Waals surface area contributed by atoms with Gasteiger partial charge < -0.3 is 19.5 Å². The number of fused-ring (bicyclic) bond motifs is 3. The van der Waals surface area contributed by atoms with E-state index in [0.29, 0.717) is 23.6 Å². The Morgan fingerprint density at radius 2 is 2.38 bits per heavy atom. The quantitative estimate of drug-likeness (QED) is 0.810. The Kier molecular flexibility index (Phi) is 2.75. The number of rotatable bonds is 4. The van der Waals surface area contributed by atoms with Crippen molar-refractivity contribution in [2.45, 2.75) is 12.6 Å². The zero-order chi connectivity index (χ0) is 14.4. The average Bonchev–Trinajstić information content (AvgIpc) is 3.18. The summed E-state index contributed by atoms with van der Waals surface area (Å²) in [4.78, 5) is 4.37. The van der Waals surface area contributed by atoms with Gasteiger partial charge in [0, 0.05) is 18.5 Å². The average molecular weight is 288 g/mol. The van der Waals surface area contributed by atoms with E-state index in [1.165, 1.54) is 0 Å². The molecule has 2 aliphatic heterocycles. The highest BCUT2D eigenvalue weighted by molar-refractivity contribution is 5.95. The van der Waals surface area contributed by atoms with Crippen molar-refractivity contribution in [2.75, 3.05) is 32.2 Å². The van der Waals surface area contributed by atoms with Gasteiger partial charge in [0.05, 0.1) is 13.7 Å². The molecule has 0 amide bonds. The summed E-state index contributed by atoms with van der Waals surface area (Å²) in [5, 5.41) is 12.3. The largest absolute Gasteiger partial charge is 0.491 e. The van der Waals surface area contributed by atoms with Gasteiger partial charge in [-0.05, 0) is 12.1 Å². The van der Waals surface area contributed by atoms with Crippen molar-refractivity contribution >= 4 is 16.7 Å². The standard InChI is InChI=1S/C14H16N4O3/c1-19-12-10(21-7-8-6-20-8)3-2-9-11(12)17-14(15)18-5-4-16-13(9)18/h2-3,8,15-16H,4-7H2,1H3. The number of hydrogen-bond donors (Lipinski definition) is 2. The molecule has 2 aromatic rings. The van der Waals surface area contributed by atoms with Crippen molar-refractivity contribution in [2.24, 2.45) is 0 Å². The molecular formula is C14H16N4O3. The number of hydrogen-bond acceptors (Lipinski definition) is 6. The van der Waals surface area contributed by atoms with Gasteiger partial charge in [-0.1, -0.05) is 0 Å². The Balaban J connectivity index is 1.86. The minimum atomic E-state index is 0.183. The summed E-state index contributed by atoms with van der Waals surface area (Å²) in [6.45, 7) is 2.83. The van der Waals surface area contributed by atoms with Gasteiger partial charge in [0.25, 0.3) is 0 Å². The number of aromatic nitrogens is 2. The fraction of sp³-hybridized carbons (Fsp3) is 0.429. The van der Waals surface area contributed by atoms with Crippen molar-refractivity contribution < 1.29 is 14.2 Å². The molecule has 1 saturated heterocycles. The van der Waals surface area contributed by atoms with Crippen LogP contribution in [0.15, 0.2) is 12.1 Å². The van der Waals surface area contributed by atoms with E-state index < -0.39 is 0 Å². The van der Waals surface area contributed by atoms with Crippen LogP contribution in [0.5, 0.6) is 11.5 Å². The number of nitrogens with one attached hydrogen (secondary N) is 2. The lowest BCUT2D eigenvalue weighted by Gasteiger charge is -2.14. The molecule has 0 radical (unpaired) electrons. The molecule has 2 aliphatic rings. The second-order valence-corrected chi connectivity index (χ2v) is 5.12. The van der Waals surface area contributed by atoms with Crippen LogP contribution in [0, 0.1) is 5.41 Å². The third-order valence-corrected chi connectivity index (χ3v) is 3.75. The van der Waals surface area contributed by atoms with Crippen molar-refractivity contribution in [1.29, 1.82) is 5.41 Å². The Labute approximate surface area is 121 Å². The third-order valence-electron chi connectivity index (χ3n) is 3.75. The minimum Gasteiger partial charge on any atom is -0.491 e. The molecule has 3 heterocycles. The molecule has 21 heavy (non-hydrogen) atoms. The van der Waals surface area contributed by atoms with Gasteiger partial charge in [-0.25, -0.2) is 4.98 Å². The summed E-state index contributed by atoms with van der Waals surface area (Å²) in [5.74, 6) is 2.12. The number of nitrogens with zero attached hydrogens (tertiary/aromatic N) is 2. The summed E-state index contributed by atoms with van der Waals surface area (Å²) < 4.78 is 18.2. The molecule has 0 saturated carbocycles. The fourth-order valence-electron chi connectivity index (χ4n) is 2.62. The molecule has 1 aromatic heterocycles. The minimum absolute atomic E-state index is 0.183. The molecule has 0 spiro atoms. The lowest BCUT2D eigenvalue weighted by Crippen LogP contribution is -2.21. The second kappa shape index (κ2) is 4.63. The van der Waals surface area contributed by atoms with E-state index in [2.05, 4.69) is 10.3 Å². The first kappa shape index (κ1) is 12.5. The van der Waals surface area contributed by atoms with Crippen LogP contribution in [-0.2, 0) is 11.3 Å². The highest BCUT2D eigenvalue weighted by Crippen LogP contribution is 2.37. The number of benzene rings is 1. The fourth-order valence-corrected chi connectivity index (χ4v) is 2.62. The van der Waals surface area contributed by atoms with Gasteiger partial charge in [0.15, 0.2) is 11.5 Å². The van der Waals surface area contributed by atoms with Crippen LogP contribution < -0.4 is 20.4 Å². The molecular weight excluding hydrogens is 272 g/mol. The van der Waals surface area contributed by atoms with E-state index >= 15 is 0 Å². The van der Waals surface area contributed by atoms with Gasteiger partial charge >= 0.3 is 0 Å². The number of ether oxygens (including phenoxy) is 3. The van der Waals surface area contributed by atoms with Crippen molar-refractivity contribution in [3.63, 3.8) is 0 Å². The number of methoxy groups -OCH3 is 1. The van der Waals surface area contributed by atoms with Crippen molar-refractivity contribution in [3.05, 3.63) is 17.8 Å². The van der Waals surface area contributed by atoms with Crippen molar-refractivity contribution in [1.82, 2.24) is 9.55 Å². The highest BCUT2D eigenvalue weighted by atomic mass is 16.6. The predicted octanol–water partition coefficient (Wildman–Crippen LogP) is 0.727. The van der Waals surface area contributed by atoms with E-state index in [1.54, 1.807) is 7.11 Å². The normalized spacial score (nSPS) is 19.2. The van der Waals surface area contributed by atoms with Crippen LogP contribution in [0.2, 0.25) is 0 Å². The molecule has 1 fully saturated rings. The van der Waals surface area contributed by atoms with Gasteiger partial charge in [0.1, 0.15) is 24.0 Å². The van der Waals surface area contributed by atoms with Crippen LogP contribution >= 0.6 is 0 Å². The predicted molar refractivity (Wildman–Crippen MR) is 75.9 cm³/mol. The summed E-state index contributed by atoms with van der Waals surface area (Å²) in [7, 11) is 1.59. The Hall–Kier alpha value is -2.28. The third kappa shape index (κ3) is 2.01. The second-order valence-electron chi connectivity index (χ2n) is 5.12. The molecule has 110 valence electrons. The maximum absolute atomic E-state index is 8.05. The molecule has 0 aliphatic carbocycles. The van der Waals surface area contributed by atoms with Gasteiger partial charge in [0.2, 0.25) is 5.62 Å². The first-order valence-corrected chi connectivity index (χ1v) is 6.92. The lowest BCUT2D eigenvalue weighted by molar-refractivity contribution is 0.253. The first-order valence-electron chi connectivity index (χ1n) is 6.92. The van der Waals surface area contributed by atoms with E-state index in [9.17, 15) is 0 Å². The van der Waals surface area contributed by atoms with Gasteiger partial charge in [-0.3, -0.25) is 9.98 Å². The smallest absolute Gasteiger partial charge is 0.224 e. The molecule has 1 unspecified atom stereocenters. The van der Waals surface area contributed by atoms with E-state index in [1.807, 2.05) is 16.7 Å². The van der Waals surface area contributed by atoms with Crippen LogP contribution in [0.1, 0.15) is 0 Å². The maximum atomic E-state index is 8.05. The van der Waals surface area contributed by atoms with Gasteiger partial charge in [-0.15, -0.1) is 0 Å². The Morgan fingerprint density at radius 1 is 1.52 bits per heavy atom. The molecule has 0 bridgehead atoms. The number of anilines is 1. The van der Waals surface area contributed by atoms with Crippen LogP contribution in [0.3, 0.4) is 0 Å². The zero-order valence-corrected chi connectivity index (χ0v) is 11.7. The molecule has 4 rings (SSSR count). The monoisotopic (exact) mass is 288 g/mol. The Morgan fingerprint density at radius 3 is 3.14 bits per heavy atom. The molecule has 7 heteroatoms. The van der Waals surface area contributed by atoms with Crippen LogP contribution in [-0.4, -0.2) is 42.5 Å². The lowest BCUT2D eigenvalue weighted by atomic mass is 10.2. The van der Waals surface area contributed by atoms with Crippen molar-refractivity contribution in [3.8, 4) is 11.5 Å². The van der Waals surface area contributed by atoms with E-state index in [-0.39, 0.29) is 11.7 Å². The molecule has 7 nitrogen and oxygen atoms in total. The topological polar surface area (TPSA) is 84.7 Å². The van der Waals surface area contributed by atoms with Crippen LogP contribution in [0.25, 0.3) is 10.9 Å². The molecule has 1 atom stereocenters. The first-order chi connectivity index (χ1) is 10.3. The zero-order valence-electron chi connectivity index (χ0n) is 11.7. The summed E-state index contributed by atoms with van der Waals surface area (Å²) >= 11 is 0. The van der Waals surface area contributed by atoms with E-state index in [0.717, 1.165) is 30.9 Å². The maximum Gasteiger partial charge on any atom is 0.224 e. The SMILES string of the molecule is COc1c(OCC2CO2)ccc2c3n(c(=N)nc12)CCN3. The van der Waals surface area contributed by atoms with Crippen LogP contribution in [0.4, 0.5) is 5.82 Å². The summed E-state index contributed by atoms with van der Waals surface area (Å²) in [5.41, 5.74) is 0.876. The molecule has 1 aromatic carbocycles. The summed E-state index contributed by atoms with van der Waals surface area (Å²) in [6, 6.07) is 3.84. The van der Waals surface area contributed by atoms with E-state index in [4.69, 9.17) is 19.6 Å². The molecule has 2 N–H and O–H groups in total. The Bertz CT molecular complexity index is 767. The number of epoxide rings is 1. The summed E-state index contributed by atoms with van der Waals surface area (Å²) in [6.07, 6.45) is 0.183.